The van der Waals surface area contributed by atoms with E-state index >= 15 is 0 Å². The molecule has 0 unspecified atom stereocenters. The van der Waals surface area contributed by atoms with Crippen LogP contribution in [0, 0.1) is 5.82 Å². The minimum atomic E-state index is -2.89. The van der Waals surface area contributed by atoms with Crippen molar-refractivity contribution in [1.29, 1.82) is 0 Å². The third kappa shape index (κ3) is 5.94. The summed E-state index contributed by atoms with van der Waals surface area (Å²) in [6, 6.07) is 8.71. The van der Waals surface area contributed by atoms with Crippen molar-refractivity contribution in [3.05, 3.63) is 66.2 Å². The molecule has 3 aromatic heterocycles. The number of imidazole rings is 1. The highest BCUT2D eigenvalue weighted by molar-refractivity contribution is 5.92. The van der Waals surface area contributed by atoms with Crippen molar-refractivity contribution in [3.8, 4) is 11.5 Å². The van der Waals surface area contributed by atoms with Gasteiger partial charge in [0.05, 0.1) is 12.2 Å². The first-order chi connectivity index (χ1) is 20.1. The highest BCUT2D eigenvalue weighted by Gasteiger charge is 2.38. The predicted molar refractivity (Wildman–Crippen MR) is 142 cm³/mol. The fraction of sp³-hybridized carbons (Fsp3) is 0.429. The molecule has 1 aliphatic carbocycles. The average Bonchev–Trinajstić information content (AvgIpc) is 3.63. The molecule has 1 saturated heterocycles. The third-order valence-electron chi connectivity index (χ3n) is 7.84. The van der Waals surface area contributed by atoms with E-state index in [0.717, 1.165) is 0 Å². The Hall–Kier alpha value is -4.07. The number of anilines is 1. The molecule has 0 bridgehead atoms. The van der Waals surface area contributed by atoms with Crippen molar-refractivity contribution in [2.45, 2.75) is 50.6 Å². The number of carbonyl (C=O) groups is 1. The molecule has 4 heterocycles. The fourth-order valence-corrected chi connectivity index (χ4v) is 5.60. The molecule has 4 aromatic rings. The highest BCUT2D eigenvalue weighted by Crippen LogP contribution is 2.35. The van der Waals surface area contributed by atoms with Crippen LogP contribution < -0.4 is 4.90 Å². The van der Waals surface area contributed by atoms with E-state index in [1.54, 1.807) is 39.9 Å². The lowest BCUT2D eigenvalue weighted by Crippen LogP contribution is -2.55. The molecule has 9 nitrogen and oxygen atoms in total. The van der Waals surface area contributed by atoms with Crippen molar-refractivity contribution in [3.63, 3.8) is 0 Å². The summed E-state index contributed by atoms with van der Waals surface area (Å²) >= 11 is 0. The van der Waals surface area contributed by atoms with Crippen molar-refractivity contribution in [1.82, 2.24) is 29.4 Å². The number of halogens is 5. The van der Waals surface area contributed by atoms with E-state index in [4.69, 9.17) is 4.42 Å². The molecule has 6 rings (SSSR count). The largest absolute Gasteiger partial charge is 0.415 e. The second-order valence-corrected chi connectivity index (χ2v) is 10.6. The number of pyridine rings is 1. The SMILES string of the molecule is O=C(N1CCN(C2CCC(F)(F)CC2)CC1)N(Cc1cn2ccc(-c3nnc(C(F)F)o3)cc2n1)c1cccc(F)c1. The molecule has 14 heteroatoms. The van der Waals surface area contributed by atoms with E-state index in [1.807, 2.05) is 0 Å². The lowest BCUT2D eigenvalue weighted by Gasteiger charge is -2.42. The van der Waals surface area contributed by atoms with Crippen molar-refractivity contribution in [2.75, 3.05) is 31.1 Å². The van der Waals surface area contributed by atoms with Gasteiger partial charge in [0.1, 0.15) is 11.5 Å². The number of amides is 2. The Morgan fingerprint density at radius 3 is 2.52 bits per heavy atom. The van der Waals surface area contributed by atoms with Gasteiger partial charge in [-0.1, -0.05) is 6.07 Å². The van der Waals surface area contributed by atoms with Crippen molar-refractivity contribution >= 4 is 17.4 Å². The van der Waals surface area contributed by atoms with Crippen LogP contribution in [-0.4, -0.2) is 73.6 Å². The first kappa shape index (κ1) is 28.1. The first-order valence-electron chi connectivity index (χ1n) is 13.7. The Labute approximate surface area is 237 Å². The van der Waals surface area contributed by atoms with Crippen molar-refractivity contribution < 1.29 is 31.2 Å². The normalized spacial score (nSPS) is 18.2. The predicted octanol–water partition coefficient (Wildman–Crippen LogP) is 5.78. The Balaban J connectivity index is 1.19. The number of carbonyl (C=O) groups excluding carboxylic acids is 1. The smallest absolute Gasteiger partial charge is 0.324 e. The molecule has 0 spiro atoms. The van der Waals surface area contributed by atoms with Gasteiger partial charge in [-0.05, 0) is 43.2 Å². The number of hydrogen-bond acceptors (Lipinski definition) is 6. The summed E-state index contributed by atoms with van der Waals surface area (Å²) in [5, 5.41) is 7.02. The van der Waals surface area contributed by atoms with Gasteiger partial charge in [-0.2, -0.15) is 8.78 Å². The molecule has 42 heavy (non-hydrogen) atoms. The maximum atomic E-state index is 14.2. The van der Waals surface area contributed by atoms with Gasteiger partial charge in [-0.25, -0.2) is 22.9 Å². The Morgan fingerprint density at radius 1 is 1.07 bits per heavy atom. The van der Waals surface area contributed by atoms with Gasteiger partial charge in [0.2, 0.25) is 11.8 Å². The van der Waals surface area contributed by atoms with Crippen LogP contribution in [0.15, 0.2) is 53.2 Å². The summed E-state index contributed by atoms with van der Waals surface area (Å²) < 4.78 is 73.9. The van der Waals surface area contributed by atoms with Gasteiger partial charge in [0.25, 0.3) is 5.89 Å². The van der Waals surface area contributed by atoms with Gasteiger partial charge < -0.3 is 13.7 Å². The van der Waals surface area contributed by atoms with Crippen LogP contribution in [-0.2, 0) is 6.54 Å². The maximum Gasteiger partial charge on any atom is 0.324 e. The molecule has 2 aliphatic rings. The van der Waals surface area contributed by atoms with Gasteiger partial charge >= 0.3 is 12.5 Å². The van der Waals surface area contributed by atoms with Gasteiger partial charge in [-0.3, -0.25) is 9.80 Å². The highest BCUT2D eigenvalue weighted by atomic mass is 19.3. The van der Waals surface area contributed by atoms with Crippen LogP contribution in [0.4, 0.5) is 32.4 Å². The van der Waals surface area contributed by atoms with Crippen LogP contribution in [0.3, 0.4) is 0 Å². The monoisotopic (exact) mass is 589 g/mol. The second-order valence-electron chi connectivity index (χ2n) is 10.6. The molecule has 1 saturated carbocycles. The summed E-state index contributed by atoms with van der Waals surface area (Å²) in [4.78, 5) is 23.7. The zero-order valence-corrected chi connectivity index (χ0v) is 22.5. The number of nitrogens with zero attached hydrogens (tertiary/aromatic N) is 7. The van der Waals surface area contributed by atoms with Crippen LogP contribution in [0.2, 0.25) is 0 Å². The minimum absolute atomic E-state index is 0.0350. The number of fused-ring (bicyclic) bond motifs is 1. The standard InChI is InChI=1S/C28H28F5N7O2/c29-19-2-1-3-22(15-19)40(27(41)38-12-10-37(11-13-38)21-4-7-28(32,33)8-5-21)17-20-16-39-9-6-18(14-23(39)34-20)25-35-36-26(42-25)24(30)31/h1-3,6,9,14-16,21,24H,4-5,7-8,10-13,17H2. The first-order valence-corrected chi connectivity index (χ1v) is 13.7. The van der Waals surface area contributed by atoms with E-state index in [2.05, 4.69) is 20.1 Å². The van der Waals surface area contributed by atoms with Gasteiger partial charge in [0.15, 0.2) is 0 Å². The minimum Gasteiger partial charge on any atom is -0.415 e. The van der Waals surface area contributed by atoms with E-state index in [1.165, 1.54) is 23.1 Å². The number of aromatic nitrogens is 4. The van der Waals surface area contributed by atoms with Crippen LogP contribution in [0.1, 0.15) is 43.7 Å². The summed E-state index contributed by atoms with van der Waals surface area (Å²) in [6.45, 7) is 2.00. The molecule has 1 aliphatic heterocycles. The topological polar surface area (TPSA) is 83.0 Å². The van der Waals surface area contributed by atoms with E-state index in [-0.39, 0.29) is 37.4 Å². The second kappa shape index (κ2) is 11.3. The molecule has 222 valence electrons. The zero-order chi connectivity index (χ0) is 29.4. The maximum absolute atomic E-state index is 14.2. The lowest BCUT2D eigenvalue weighted by atomic mass is 9.91. The summed E-state index contributed by atoms with van der Waals surface area (Å²) in [7, 11) is 0. The van der Waals surface area contributed by atoms with E-state index < -0.39 is 24.1 Å². The molecule has 1 aromatic carbocycles. The zero-order valence-electron chi connectivity index (χ0n) is 22.5. The molecule has 2 amide bonds. The number of urea groups is 1. The number of alkyl halides is 4. The quantitative estimate of drug-likeness (QED) is 0.265. The van der Waals surface area contributed by atoms with Crippen LogP contribution in [0.25, 0.3) is 17.1 Å². The summed E-state index contributed by atoms with van der Waals surface area (Å²) in [5.74, 6) is -3.94. The number of rotatable bonds is 6. The third-order valence-corrected chi connectivity index (χ3v) is 7.84. The Bertz CT molecular complexity index is 1560. The van der Waals surface area contributed by atoms with Crippen molar-refractivity contribution in [2.24, 2.45) is 0 Å². The average molecular weight is 590 g/mol. The van der Waals surface area contributed by atoms with Gasteiger partial charge in [0, 0.05) is 68.7 Å². The van der Waals surface area contributed by atoms with E-state index in [0.29, 0.717) is 61.6 Å². The fourth-order valence-electron chi connectivity index (χ4n) is 5.60. The Kier molecular flexibility index (Phi) is 7.56. The van der Waals surface area contributed by atoms with Crippen LogP contribution in [0.5, 0.6) is 0 Å². The number of benzene rings is 1. The lowest BCUT2D eigenvalue weighted by molar-refractivity contribution is -0.0567. The number of hydrogen-bond donors (Lipinski definition) is 0. The van der Waals surface area contributed by atoms with Gasteiger partial charge in [-0.15, -0.1) is 10.2 Å². The van der Waals surface area contributed by atoms with E-state index in [9.17, 15) is 26.7 Å². The molecular weight excluding hydrogens is 561 g/mol. The summed E-state index contributed by atoms with van der Waals surface area (Å²) in [5.41, 5.74) is 1.72. The molecule has 0 radical (unpaired) electrons. The molecular formula is C28H28F5N7O2. The molecule has 0 N–H and O–H groups in total. The number of piperazine rings is 1. The van der Waals surface area contributed by atoms with Crippen LogP contribution >= 0.6 is 0 Å². The Morgan fingerprint density at radius 2 is 1.83 bits per heavy atom. The molecule has 2 fully saturated rings. The molecule has 0 atom stereocenters. The summed E-state index contributed by atoms with van der Waals surface area (Å²) in [6.07, 6.45) is 1.13.